The van der Waals surface area contributed by atoms with Crippen LogP contribution in [0, 0.1) is 0 Å². The number of imide groups is 1. The van der Waals surface area contributed by atoms with E-state index in [1.165, 1.54) is 23.8 Å². The Morgan fingerprint density at radius 2 is 2.03 bits per heavy atom. The standard InChI is InChI=1S/C19H24N4O5S/c1-12(17(25)27-3)29-19-20-15-14(16(24)21-18(26)22(15)2)23(19)10-7-11-28-13-8-5-4-6-9-13/h4-6,8-9,12,14-15H,7,10-11H2,1-3H3,(H,21,24,26). The zero-order chi connectivity index (χ0) is 21.0. The van der Waals surface area contributed by atoms with Crippen LogP contribution in [-0.4, -0.2) is 77.6 Å². The fraction of sp³-hybridized carbons (Fsp3) is 0.474. The molecule has 0 saturated carbocycles. The number of amidine groups is 1. The van der Waals surface area contributed by atoms with E-state index in [2.05, 4.69) is 10.3 Å². The molecule has 0 aromatic heterocycles. The summed E-state index contributed by atoms with van der Waals surface area (Å²) >= 11 is 1.22. The molecule has 3 amide bonds. The lowest BCUT2D eigenvalue weighted by Crippen LogP contribution is -2.63. The lowest BCUT2D eigenvalue weighted by molar-refractivity contribution is -0.139. The van der Waals surface area contributed by atoms with Crippen LogP contribution in [0.3, 0.4) is 0 Å². The van der Waals surface area contributed by atoms with E-state index in [0.29, 0.717) is 24.7 Å². The Labute approximate surface area is 173 Å². The SMILES string of the molecule is COC(=O)C(C)SC1=NC2C(C(=O)NC(=O)N2C)N1CCCOc1ccccc1. The summed E-state index contributed by atoms with van der Waals surface area (Å²) in [7, 11) is 2.92. The maximum absolute atomic E-state index is 12.5. The zero-order valence-corrected chi connectivity index (χ0v) is 17.3. The molecule has 1 fully saturated rings. The monoisotopic (exact) mass is 420 g/mol. The van der Waals surface area contributed by atoms with Crippen LogP contribution in [-0.2, 0) is 14.3 Å². The largest absolute Gasteiger partial charge is 0.494 e. The van der Waals surface area contributed by atoms with Crippen LogP contribution in [0.4, 0.5) is 4.79 Å². The first-order chi connectivity index (χ1) is 13.9. The quantitative estimate of drug-likeness (QED) is 0.524. The summed E-state index contributed by atoms with van der Waals surface area (Å²) in [5.74, 6) is -0.00363. The second kappa shape index (κ2) is 9.17. The smallest absolute Gasteiger partial charge is 0.325 e. The van der Waals surface area contributed by atoms with Crippen molar-refractivity contribution in [2.45, 2.75) is 30.8 Å². The average Bonchev–Trinajstić information content (AvgIpc) is 3.08. The molecule has 1 N–H and O–H groups in total. The maximum atomic E-state index is 12.5. The van der Waals surface area contributed by atoms with Gasteiger partial charge < -0.3 is 19.3 Å². The van der Waals surface area contributed by atoms with Gasteiger partial charge in [-0.15, -0.1) is 0 Å². The van der Waals surface area contributed by atoms with Crippen LogP contribution >= 0.6 is 11.8 Å². The second-order valence-corrected chi connectivity index (χ2v) is 7.98. The minimum atomic E-state index is -0.637. The summed E-state index contributed by atoms with van der Waals surface area (Å²) in [6, 6.07) is 8.34. The third-order valence-electron chi connectivity index (χ3n) is 4.69. The lowest BCUT2D eigenvalue weighted by Gasteiger charge is -2.36. The summed E-state index contributed by atoms with van der Waals surface area (Å²) < 4.78 is 10.5. The van der Waals surface area contributed by atoms with E-state index < -0.39 is 29.4 Å². The number of hydrogen-bond acceptors (Lipinski definition) is 8. The van der Waals surface area contributed by atoms with Crippen LogP contribution < -0.4 is 10.1 Å². The fourth-order valence-corrected chi connectivity index (χ4v) is 4.17. The summed E-state index contributed by atoms with van der Waals surface area (Å²) in [6.07, 6.45) is 0.00791. The Bertz CT molecular complexity index is 803. The molecule has 1 aromatic rings. The van der Waals surface area contributed by atoms with Gasteiger partial charge in [0.15, 0.2) is 17.4 Å². The normalized spacial score (nSPS) is 22.0. The number of methoxy groups -OCH3 is 1. The van der Waals surface area contributed by atoms with Gasteiger partial charge in [0, 0.05) is 13.6 Å². The highest BCUT2D eigenvalue weighted by Gasteiger charge is 2.48. The van der Waals surface area contributed by atoms with E-state index >= 15 is 0 Å². The molecule has 29 heavy (non-hydrogen) atoms. The van der Waals surface area contributed by atoms with E-state index in [-0.39, 0.29) is 5.97 Å². The highest BCUT2D eigenvalue weighted by molar-refractivity contribution is 8.14. The predicted octanol–water partition coefficient (Wildman–Crippen LogP) is 1.30. The van der Waals surface area contributed by atoms with E-state index in [4.69, 9.17) is 9.47 Å². The topological polar surface area (TPSA) is 101 Å². The van der Waals surface area contributed by atoms with Crippen molar-refractivity contribution in [3.63, 3.8) is 0 Å². The molecular weight excluding hydrogens is 396 g/mol. The van der Waals surface area contributed by atoms with Crippen molar-refractivity contribution in [3.8, 4) is 5.75 Å². The minimum absolute atomic E-state index is 0.381. The number of carbonyl (C=O) groups excluding carboxylic acids is 3. The predicted molar refractivity (Wildman–Crippen MR) is 109 cm³/mol. The highest BCUT2D eigenvalue weighted by Crippen LogP contribution is 2.30. The van der Waals surface area contributed by atoms with Crippen molar-refractivity contribution in [3.05, 3.63) is 30.3 Å². The molecule has 2 heterocycles. The summed E-state index contributed by atoms with van der Waals surface area (Å²) in [6.45, 7) is 2.66. The van der Waals surface area contributed by atoms with Gasteiger partial charge in [-0.05, 0) is 25.5 Å². The molecule has 10 heteroatoms. The Morgan fingerprint density at radius 3 is 2.72 bits per heavy atom. The Balaban J connectivity index is 1.69. The molecule has 3 atom stereocenters. The summed E-state index contributed by atoms with van der Waals surface area (Å²) in [4.78, 5) is 44.1. The Kier molecular flexibility index (Phi) is 6.63. The van der Waals surface area contributed by atoms with Crippen molar-refractivity contribution in [2.24, 2.45) is 4.99 Å². The molecule has 0 aliphatic carbocycles. The number of ether oxygens (including phenoxy) is 2. The number of thioether (sulfide) groups is 1. The number of nitrogens with one attached hydrogen (secondary N) is 1. The molecule has 9 nitrogen and oxygen atoms in total. The molecule has 1 saturated heterocycles. The van der Waals surface area contributed by atoms with Gasteiger partial charge in [0.2, 0.25) is 0 Å². The van der Waals surface area contributed by atoms with E-state index in [1.54, 1.807) is 14.0 Å². The minimum Gasteiger partial charge on any atom is -0.494 e. The molecule has 156 valence electrons. The number of rotatable bonds is 7. The van der Waals surface area contributed by atoms with Crippen LogP contribution in [0.2, 0.25) is 0 Å². The summed E-state index contributed by atoms with van der Waals surface area (Å²) in [5.41, 5.74) is 0. The van der Waals surface area contributed by atoms with Gasteiger partial charge >= 0.3 is 12.0 Å². The molecule has 0 radical (unpaired) electrons. The molecule has 3 unspecified atom stereocenters. The number of benzene rings is 1. The molecule has 0 spiro atoms. The van der Waals surface area contributed by atoms with Crippen LogP contribution in [0.5, 0.6) is 5.75 Å². The van der Waals surface area contributed by atoms with E-state index in [9.17, 15) is 14.4 Å². The van der Waals surface area contributed by atoms with Crippen molar-refractivity contribution in [1.29, 1.82) is 0 Å². The number of para-hydroxylation sites is 1. The number of hydrogen-bond donors (Lipinski definition) is 1. The highest BCUT2D eigenvalue weighted by atomic mass is 32.2. The van der Waals surface area contributed by atoms with Gasteiger partial charge in [-0.1, -0.05) is 30.0 Å². The number of aliphatic imine (C=N–C) groups is 1. The fourth-order valence-electron chi connectivity index (χ4n) is 3.15. The van der Waals surface area contributed by atoms with E-state index in [1.807, 2.05) is 35.2 Å². The number of carbonyl (C=O) groups is 3. The molecule has 2 aliphatic heterocycles. The van der Waals surface area contributed by atoms with Crippen molar-refractivity contribution < 1.29 is 23.9 Å². The van der Waals surface area contributed by atoms with Gasteiger partial charge in [0.1, 0.15) is 11.0 Å². The second-order valence-electron chi connectivity index (χ2n) is 6.67. The average molecular weight is 420 g/mol. The van der Waals surface area contributed by atoms with Gasteiger partial charge in [-0.25, -0.2) is 9.79 Å². The van der Waals surface area contributed by atoms with Gasteiger partial charge in [0.25, 0.3) is 5.91 Å². The number of esters is 1. The van der Waals surface area contributed by atoms with Crippen molar-refractivity contribution in [2.75, 3.05) is 27.3 Å². The number of fused-ring (bicyclic) bond motifs is 1. The van der Waals surface area contributed by atoms with Crippen LogP contribution in [0.1, 0.15) is 13.3 Å². The molecular formula is C19H24N4O5S. The van der Waals surface area contributed by atoms with Gasteiger partial charge in [-0.3, -0.25) is 14.9 Å². The summed E-state index contributed by atoms with van der Waals surface area (Å²) in [5, 5.41) is 2.40. The molecule has 0 bridgehead atoms. The Morgan fingerprint density at radius 1 is 1.31 bits per heavy atom. The van der Waals surface area contributed by atoms with Crippen molar-refractivity contribution >= 4 is 34.8 Å². The first-order valence-corrected chi connectivity index (χ1v) is 10.1. The van der Waals surface area contributed by atoms with Crippen LogP contribution in [0.25, 0.3) is 0 Å². The van der Waals surface area contributed by atoms with Crippen LogP contribution in [0.15, 0.2) is 35.3 Å². The molecule has 2 aliphatic rings. The van der Waals surface area contributed by atoms with Gasteiger partial charge in [0.05, 0.1) is 13.7 Å². The third-order valence-corrected chi connectivity index (χ3v) is 5.79. The molecule has 1 aromatic carbocycles. The maximum Gasteiger partial charge on any atom is 0.325 e. The number of amides is 3. The van der Waals surface area contributed by atoms with Crippen molar-refractivity contribution in [1.82, 2.24) is 15.1 Å². The number of likely N-dealkylation sites (N-methyl/N-ethyl adjacent to an activating group) is 1. The first-order valence-electron chi connectivity index (χ1n) is 9.26. The zero-order valence-electron chi connectivity index (χ0n) is 16.5. The number of nitrogens with zero attached hydrogens (tertiary/aromatic N) is 3. The van der Waals surface area contributed by atoms with Gasteiger partial charge in [-0.2, -0.15) is 0 Å². The lowest BCUT2D eigenvalue weighted by atomic mass is 10.1. The first kappa shape index (κ1) is 21.0. The molecule has 3 rings (SSSR count). The third kappa shape index (κ3) is 4.64. The number of urea groups is 1. The Hall–Kier alpha value is -2.75. The van der Waals surface area contributed by atoms with E-state index in [0.717, 1.165) is 5.75 Å².